The molecule has 0 atom stereocenters. The van der Waals surface area contributed by atoms with Crippen molar-refractivity contribution in [3.05, 3.63) is 30.3 Å². The molecule has 0 spiro atoms. The van der Waals surface area contributed by atoms with Crippen LogP contribution >= 0.6 is 0 Å². The number of para-hydroxylation sites is 1. The Bertz CT molecular complexity index is 336. The molecular formula is C16H25NO2. The summed E-state index contributed by atoms with van der Waals surface area (Å²) < 4.78 is 5.71. The lowest BCUT2D eigenvalue weighted by atomic mass is 10.2. The third-order valence-corrected chi connectivity index (χ3v) is 3.83. The molecule has 3 heteroatoms. The van der Waals surface area contributed by atoms with Gasteiger partial charge in [-0.2, -0.15) is 0 Å². The molecule has 1 saturated carbocycles. The van der Waals surface area contributed by atoms with E-state index in [1.165, 1.54) is 25.7 Å². The first-order chi connectivity index (χ1) is 9.40. The standard InChI is InChI=1S/C16H25NO2/c18-13-12-17(15-7-4-5-8-15)11-6-14-19-16-9-2-1-3-10-16/h1-3,9-10,15,18H,4-8,11-14H2. The third-order valence-electron chi connectivity index (χ3n) is 3.83. The van der Waals surface area contributed by atoms with Crippen molar-refractivity contribution in [2.24, 2.45) is 0 Å². The second kappa shape index (κ2) is 8.18. The quantitative estimate of drug-likeness (QED) is 0.732. The molecule has 0 unspecified atom stereocenters. The van der Waals surface area contributed by atoms with Crippen molar-refractivity contribution < 1.29 is 9.84 Å². The van der Waals surface area contributed by atoms with Gasteiger partial charge in [0.1, 0.15) is 5.75 Å². The van der Waals surface area contributed by atoms with Crippen molar-refractivity contribution in [1.82, 2.24) is 4.90 Å². The van der Waals surface area contributed by atoms with Crippen LogP contribution in [-0.4, -0.2) is 42.4 Å². The van der Waals surface area contributed by atoms with Gasteiger partial charge in [-0.05, 0) is 31.4 Å². The molecule has 2 rings (SSSR count). The second-order valence-corrected chi connectivity index (χ2v) is 5.21. The van der Waals surface area contributed by atoms with Gasteiger partial charge in [0, 0.05) is 19.1 Å². The van der Waals surface area contributed by atoms with Gasteiger partial charge in [-0.1, -0.05) is 31.0 Å². The van der Waals surface area contributed by atoms with Gasteiger partial charge < -0.3 is 9.84 Å². The third kappa shape index (κ3) is 4.84. The van der Waals surface area contributed by atoms with Crippen LogP contribution < -0.4 is 4.74 Å². The second-order valence-electron chi connectivity index (χ2n) is 5.21. The maximum Gasteiger partial charge on any atom is 0.119 e. The van der Waals surface area contributed by atoms with E-state index in [0.29, 0.717) is 6.04 Å². The minimum atomic E-state index is 0.260. The SMILES string of the molecule is OCCN(CCCOc1ccccc1)C1CCCC1. The van der Waals surface area contributed by atoms with Gasteiger partial charge in [0.15, 0.2) is 0 Å². The van der Waals surface area contributed by atoms with Gasteiger partial charge in [-0.15, -0.1) is 0 Å². The highest BCUT2D eigenvalue weighted by Gasteiger charge is 2.21. The summed E-state index contributed by atoms with van der Waals surface area (Å²) in [5.41, 5.74) is 0. The normalized spacial score (nSPS) is 16.1. The van der Waals surface area contributed by atoms with E-state index in [4.69, 9.17) is 9.84 Å². The summed E-state index contributed by atoms with van der Waals surface area (Å²) in [5, 5.41) is 9.16. The van der Waals surface area contributed by atoms with Crippen LogP contribution in [0.15, 0.2) is 30.3 Å². The van der Waals surface area contributed by atoms with Gasteiger partial charge in [0.25, 0.3) is 0 Å². The van der Waals surface area contributed by atoms with Crippen molar-refractivity contribution >= 4 is 0 Å². The molecular weight excluding hydrogens is 238 g/mol. The molecule has 1 aromatic rings. The average Bonchev–Trinajstić information content (AvgIpc) is 2.97. The van der Waals surface area contributed by atoms with Crippen molar-refractivity contribution in [3.63, 3.8) is 0 Å². The van der Waals surface area contributed by atoms with E-state index in [2.05, 4.69) is 4.90 Å². The van der Waals surface area contributed by atoms with Crippen LogP contribution in [-0.2, 0) is 0 Å². The van der Waals surface area contributed by atoms with Crippen LogP contribution in [0.25, 0.3) is 0 Å². The summed E-state index contributed by atoms with van der Waals surface area (Å²) in [7, 11) is 0. The predicted octanol–water partition coefficient (Wildman–Crippen LogP) is 2.69. The van der Waals surface area contributed by atoms with Gasteiger partial charge in [0.05, 0.1) is 13.2 Å². The zero-order valence-electron chi connectivity index (χ0n) is 11.6. The minimum Gasteiger partial charge on any atom is -0.494 e. The number of hydrogen-bond acceptors (Lipinski definition) is 3. The molecule has 106 valence electrons. The first-order valence-corrected chi connectivity index (χ1v) is 7.43. The lowest BCUT2D eigenvalue weighted by Gasteiger charge is -2.27. The number of nitrogens with zero attached hydrogens (tertiary/aromatic N) is 1. The Balaban J connectivity index is 1.67. The lowest BCUT2D eigenvalue weighted by molar-refractivity contribution is 0.142. The molecule has 3 nitrogen and oxygen atoms in total. The van der Waals surface area contributed by atoms with Crippen molar-refractivity contribution in [3.8, 4) is 5.75 Å². The Labute approximate surface area is 116 Å². The van der Waals surface area contributed by atoms with Gasteiger partial charge >= 0.3 is 0 Å². The lowest BCUT2D eigenvalue weighted by Crippen LogP contribution is -2.36. The molecule has 0 radical (unpaired) electrons. The maximum atomic E-state index is 9.16. The average molecular weight is 263 g/mol. The molecule has 1 fully saturated rings. The molecule has 0 bridgehead atoms. The summed E-state index contributed by atoms with van der Waals surface area (Å²) in [6.45, 7) is 2.84. The van der Waals surface area contributed by atoms with Crippen LogP contribution in [0.4, 0.5) is 0 Å². The molecule has 19 heavy (non-hydrogen) atoms. The number of ether oxygens (including phenoxy) is 1. The zero-order chi connectivity index (χ0) is 13.3. The number of aliphatic hydroxyl groups excluding tert-OH is 1. The van der Waals surface area contributed by atoms with E-state index in [1.807, 2.05) is 30.3 Å². The summed E-state index contributed by atoms with van der Waals surface area (Å²) in [6, 6.07) is 10.6. The topological polar surface area (TPSA) is 32.7 Å². The Morgan fingerprint density at radius 3 is 2.53 bits per heavy atom. The van der Waals surface area contributed by atoms with Crippen LogP contribution in [0.1, 0.15) is 32.1 Å². The summed E-state index contributed by atoms with van der Waals surface area (Å²) >= 11 is 0. The summed E-state index contributed by atoms with van der Waals surface area (Å²) in [5.74, 6) is 0.942. The minimum absolute atomic E-state index is 0.260. The number of rotatable bonds is 8. The smallest absolute Gasteiger partial charge is 0.119 e. The molecule has 1 aromatic carbocycles. The number of aliphatic hydroxyl groups is 1. The fourth-order valence-corrected chi connectivity index (χ4v) is 2.85. The molecule has 1 N–H and O–H groups in total. The monoisotopic (exact) mass is 263 g/mol. The molecule has 0 saturated heterocycles. The maximum absolute atomic E-state index is 9.16. The predicted molar refractivity (Wildman–Crippen MR) is 77.5 cm³/mol. The van der Waals surface area contributed by atoms with E-state index < -0.39 is 0 Å². The van der Waals surface area contributed by atoms with Gasteiger partial charge in [-0.3, -0.25) is 4.90 Å². The van der Waals surface area contributed by atoms with Crippen LogP contribution in [0.3, 0.4) is 0 Å². The Morgan fingerprint density at radius 2 is 1.84 bits per heavy atom. The molecule has 0 aliphatic heterocycles. The molecule has 0 heterocycles. The number of hydrogen-bond donors (Lipinski definition) is 1. The highest BCUT2D eigenvalue weighted by atomic mass is 16.5. The Kier molecular flexibility index (Phi) is 6.18. The highest BCUT2D eigenvalue weighted by molar-refractivity contribution is 5.20. The van der Waals surface area contributed by atoms with Crippen molar-refractivity contribution in [2.75, 3.05) is 26.3 Å². The Morgan fingerprint density at radius 1 is 1.11 bits per heavy atom. The van der Waals surface area contributed by atoms with Crippen LogP contribution in [0.5, 0.6) is 5.75 Å². The fourth-order valence-electron chi connectivity index (χ4n) is 2.85. The Hall–Kier alpha value is -1.06. The van der Waals surface area contributed by atoms with E-state index in [1.54, 1.807) is 0 Å². The van der Waals surface area contributed by atoms with Crippen LogP contribution in [0, 0.1) is 0 Å². The van der Waals surface area contributed by atoms with Crippen molar-refractivity contribution in [2.45, 2.75) is 38.1 Å². The summed E-state index contributed by atoms with van der Waals surface area (Å²) in [4.78, 5) is 2.43. The molecule has 0 amide bonds. The van der Waals surface area contributed by atoms with E-state index in [-0.39, 0.29) is 6.61 Å². The molecule has 1 aliphatic carbocycles. The first-order valence-electron chi connectivity index (χ1n) is 7.43. The highest BCUT2D eigenvalue weighted by Crippen LogP contribution is 2.23. The first kappa shape index (κ1) is 14.4. The molecule has 0 aromatic heterocycles. The largest absolute Gasteiger partial charge is 0.494 e. The van der Waals surface area contributed by atoms with E-state index in [9.17, 15) is 0 Å². The fraction of sp³-hybridized carbons (Fsp3) is 0.625. The zero-order valence-corrected chi connectivity index (χ0v) is 11.6. The van der Waals surface area contributed by atoms with E-state index in [0.717, 1.165) is 31.9 Å². The molecule has 1 aliphatic rings. The van der Waals surface area contributed by atoms with Crippen molar-refractivity contribution in [1.29, 1.82) is 0 Å². The van der Waals surface area contributed by atoms with Gasteiger partial charge in [-0.25, -0.2) is 0 Å². The summed E-state index contributed by atoms with van der Waals surface area (Å²) in [6.07, 6.45) is 6.28. The number of benzene rings is 1. The van der Waals surface area contributed by atoms with Crippen LogP contribution in [0.2, 0.25) is 0 Å². The van der Waals surface area contributed by atoms with Gasteiger partial charge in [0.2, 0.25) is 0 Å². The van der Waals surface area contributed by atoms with E-state index >= 15 is 0 Å².